The predicted molar refractivity (Wildman–Crippen MR) is 95.5 cm³/mol. The van der Waals surface area contributed by atoms with Crippen LogP contribution in [0.1, 0.15) is 18.4 Å². The van der Waals surface area contributed by atoms with E-state index in [0.717, 1.165) is 43.9 Å². The van der Waals surface area contributed by atoms with E-state index in [1.807, 2.05) is 41.2 Å². The van der Waals surface area contributed by atoms with E-state index in [2.05, 4.69) is 21.3 Å². The average Bonchev–Trinajstić information content (AvgIpc) is 3.13. The second-order valence-corrected chi connectivity index (χ2v) is 6.53. The van der Waals surface area contributed by atoms with Gasteiger partial charge in [0, 0.05) is 31.9 Å². The van der Waals surface area contributed by atoms with Crippen LogP contribution in [0, 0.1) is 5.92 Å². The van der Waals surface area contributed by atoms with Crippen molar-refractivity contribution in [2.24, 2.45) is 5.92 Å². The van der Waals surface area contributed by atoms with Gasteiger partial charge in [0.15, 0.2) is 0 Å². The van der Waals surface area contributed by atoms with Gasteiger partial charge in [0.05, 0.1) is 0 Å². The van der Waals surface area contributed by atoms with E-state index >= 15 is 0 Å². The summed E-state index contributed by atoms with van der Waals surface area (Å²) in [4.78, 5) is 18.6. The second-order valence-electron chi connectivity index (χ2n) is 5.75. The van der Waals surface area contributed by atoms with E-state index in [9.17, 15) is 4.79 Å². The van der Waals surface area contributed by atoms with E-state index in [1.54, 1.807) is 17.4 Å². The van der Waals surface area contributed by atoms with Crippen LogP contribution in [0.25, 0.3) is 6.08 Å². The Labute approximate surface area is 140 Å². The van der Waals surface area contributed by atoms with Crippen molar-refractivity contribution in [2.75, 3.05) is 24.5 Å². The number of aromatic nitrogens is 1. The number of piperidine rings is 1. The normalized spacial score (nSPS) is 15.9. The molecule has 3 rings (SSSR count). The first-order valence-electron chi connectivity index (χ1n) is 7.95. The van der Waals surface area contributed by atoms with Crippen molar-refractivity contribution >= 4 is 29.1 Å². The van der Waals surface area contributed by atoms with E-state index < -0.39 is 0 Å². The second kappa shape index (κ2) is 7.92. The summed E-state index contributed by atoms with van der Waals surface area (Å²) in [5, 5.41) is 7.04. The summed E-state index contributed by atoms with van der Waals surface area (Å²) in [7, 11) is 0. The molecule has 1 N–H and O–H groups in total. The molecule has 0 bridgehead atoms. The maximum Gasteiger partial charge on any atom is 0.244 e. The first-order chi connectivity index (χ1) is 11.3. The Morgan fingerprint density at radius 2 is 2.22 bits per heavy atom. The fraction of sp³-hybridized carbons (Fsp3) is 0.333. The van der Waals surface area contributed by atoms with Crippen LogP contribution in [-0.2, 0) is 4.79 Å². The Balaban J connectivity index is 1.40. The van der Waals surface area contributed by atoms with Crippen LogP contribution in [0.4, 0.5) is 5.82 Å². The Kier molecular flexibility index (Phi) is 5.42. The Morgan fingerprint density at radius 1 is 1.35 bits per heavy atom. The van der Waals surface area contributed by atoms with Gasteiger partial charge in [0.1, 0.15) is 5.82 Å². The number of pyridine rings is 1. The number of thiophene rings is 1. The summed E-state index contributed by atoms with van der Waals surface area (Å²) in [6, 6.07) is 8.02. The van der Waals surface area contributed by atoms with Crippen molar-refractivity contribution in [3.05, 3.63) is 52.9 Å². The van der Waals surface area contributed by atoms with Gasteiger partial charge >= 0.3 is 0 Å². The topological polar surface area (TPSA) is 45.2 Å². The zero-order valence-corrected chi connectivity index (χ0v) is 13.8. The quantitative estimate of drug-likeness (QED) is 0.858. The van der Waals surface area contributed by atoms with Crippen LogP contribution in [-0.4, -0.2) is 30.5 Å². The van der Waals surface area contributed by atoms with Crippen LogP contribution in [0.3, 0.4) is 0 Å². The number of rotatable bonds is 5. The Morgan fingerprint density at radius 3 is 2.91 bits per heavy atom. The Bertz CT molecular complexity index is 632. The smallest absolute Gasteiger partial charge is 0.244 e. The van der Waals surface area contributed by atoms with Gasteiger partial charge < -0.3 is 10.2 Å². The largest absolute Gasteiger partial charge is 0.357 e. The number of carbonyl (C=O) groups is 1. The lowest BCUT2D eigenvalue weighted by atomic mass is 9.97. The maximum atomic E-state index is 11.9. The van der Waals surface area contributed by atoms with Gasteiger partial charge in [0.2, 0.25) is 5.91 Å². The third-order valence-corrected chi connectivity index (χ3v) is 4.82. The molecule has 0 saturated carbocycles. The lowest BCUT2D eigenvalue weighted by Crippen LogP contribution is -2.38. The van der Waals surface area contributed by atoms with E-state index in [1.165, 1.54) is 0 Å². The van der Waals surface area contributed by atoms with Gasteiger partial charge in [-0.15, -0.1) is 0 Å². The van der Waals surface area contributed by atoms with Crippen LogP contribution < -0.4 is 10.2 Å². The minimum atomic E-state index is -0.0108. The summed E-state index contributed by atoms with van der Waals surface area (Å²) in [6.45, 7) is 2.76. The molecule has 4 nitrogen and oxygen atoms in total. The Hall–Kier alpha value is -2.14. The molecule has 0 unspecified atom stereocenters. The fourth-order valence-electron chi connectivity index (χ4n) is 2.75. The predicted octanol–water partition coefficient (Wildman–Crippen LogP) is 3.19. The van der Waals surface area contributed by atoms with E-state index in [4.69, 9.17) is 0 Å². The standard InChI is InChI=1S/C18H21N3OS/c22-18(5-4-16-8-12-23-14-16)20-13-15-6-10-21(11-7-15)17-3-1-2-9-19-17/h1-5,8-9,12,14-15H,6-7,10-11,13H2,(H,20,22). The third-order valence-electron chi connectivity index (χ3n) is 4.12. The van der Waals surface area contributed by atoms with Crippen molar-refractivity contribution < 1.29 is 4.79 Å². The SMILES string of the molecule is O=C(C=Cc1ccsc1)NCC1CCN(c2ccccn2)CC1. The minimum Gasteiger partial charge on any atom is -0.357 e. The number of hydrogen-bond acceptors (Lipinski definition) is 4. The molecule has 2 aromatic heterocycles. The van der Waals surface area contributed by atoms with Gasteiger partial charge in [0.25, 0.3) is 0 Å². The molecule has 3 heterocycles. The van der Waals surface area contributed by atoms with Crippen LogP contribution in [0.2, 0.25) is 0 Å². The molecular weight excluding hydrogens is 306 g/mol. The van der Waals surface area contributed by atoms with Gasteiger partial charge in [-0.1, -0.05) is 6.07 Å². The zero-order chi connectivity index (χ0) is 15.9. The molecule has 120 valence electrons. The van der Waals surface area contributed by atoms with Crippen molar-refractivity contribution in [2.45, 2.75) is 12.8 Å². The van der Waals surface area contributed by atoms with Crippen LogP contribution in [0.15, 0.2) is 47.3 Å². The van der Waals surface area contributed by atoms with Crippen molar-refractivity contribution in [1.29, 1.82) is 0 Å². The molecule has 5 heteroatoms. The van der Waals surface area contributed by atoms with Crippen molar-refractivity contribution in [3.63, 3.8) is 0 Å². The molecule has 0 aliphatic carbocycles. The van der Waals surface area contributed by atoms with Crippen LogP contribution in [0.5, 0.6) is 0 Å². The van der Waals surface area contributed by atoms with Gasteiger partial charge in [-0.05, 0) is 59.4 Å². The summed E-state index contributed by atoms with van der Waals surface area (Å²) in [6.07, 6.45) is 7.48. The van der Waals surface area contributed by atoms with Gasteiger partial charge in [-0.25, -0.2) is 4.98 Å². The minimum absolute atomic E-state index is 0.0108. The van der Waals surface area contributed by atoms with Crippen LogP contribution >= 0.6 is 11.3 Å². The molecule has 0 aromatic carbocycles. The number of nitrogens with zero attached hydrogens (tertiary/aromatic N) is 2. The monoisotopic (exact) mass is 327 g/mol. The highest BCUT2D eigenvalue weighted by atomic mass is 32.1. The lowest BCUT2D eigenvalue weighted by Gasteiger charge is -2.32. The average molecular weight is 327 g/mol. The van der Waals surface area contributed by atoms with Crippen molar-refractivity contribution in [3.8, 4) is 0 Å². The molecule has 1 aliphatic heterocycles. The lowest BCUT2D eigenvalue weighted by molar-refractivity contribution is -0.116. The van der Waals surface area contributed by atoms with E-state index in [0.29, 0.717) is 5.92 Å². The first kappa shape index (κ1) is 15.7. The molecule has 1 fully saturated rings. The molecule has 1 aliphatic rings. The molecular formula is C18H21N3OS. The summed E-state index contributed by atoms with van der Waals surface area (Å²) in [5.41, 5.74) is 1.08. The molecule has 1 saturated heterocycles. The van der Waals surface area contributed by atoms with E-state index in [-0.39, 0.29) is 5.91 Å². The highest BCUT2D eigenvalue weighted by molar-refractivity contribution is 7.08. The fourth-order valence-corrected chi connectivity index (χ4v) is 3.38. The number of carbonyl (C=O) groups excluding carboxylic acids is 1. The number of anilines is 1. The molecule has 2 aromatic rings. The summed E-state index contributed by atoms with van der Waals surface area (Å²) < 4.78 is 0. The molecule has 23 heavy (non-hydrogen) atoms. The van der Waals surface area contributed by atoms with Crippen molar-refractivity contribution in [1.82, 2.24) is 10.3 Å². The third kappa shape index (κ3) is 4.66. The number of amides is 1. The highest BCUT2D eigenvalue weighted by Crippen LogP contribution is 2.20. The molecule has 0 atom stereocenters. The van der Waals surface area contributed by atoms with Gasteiger partial charge in [-0.3, -0.25) is 4.79 Å². The molecule has 1 amide bonds. The first-order valence-corrected chi connectivity index (χ1v) is 8.89. The zero-order valence-electron chi connectivity index (χ0n) is 13.0. The number of hydrogen-bond donors (Lipinski definition) is 1. The molecule has 0 radical (unpaired) electrons. The summed E-state index contributed by atoms with van der Waals surface area (Å²) >= 11 is 1.63. The number of nitrogens with one attached hydrogen (secondary N) is 1. The van der Waals surface area contributed by atoms with Gasteiger partial charge in [-0.2, -0.15) is 11.3 Å². The summed E-state index contributed by atoms with van der Waals surface area (Å²) in [5.74, 6) is 1.59. The molecule has 0 spiro atoms. The highest BCUT2D eigenvalue weighted by Gasteiger charge is 2.20. The maximum absolute atomic E-state index is 11.9.